The van der Waals surface area contributed by atoms with Crippen molar-refractivity contribution in [1.29, 1.82) is 0 Å². The van der Waals surface area contributed by atoms with Crippen LogP contribution in [0.3, 0.4) is 0 Å². The van der Waals surface area contributed by atoms with Crippen LogP contribution in [0.25, 0.3) is 0 Å². The number of piperidine rings is 1. The zero-order chi connectivity index (χ0) is 21.6. The molecule has 0 radical (unpaired) electrons. The Labute approximate surface area is 177 Å². The number of nitrogens with one attached hydrogen (secondary N) is 1. The average Bonchev–Trinajstić information content (AvgIpc) is 2.78. The first kappa shape index (κ1) is 21.9. The molecule has 1 N–H and O–H groups in total. The van der Waals surface area contributed by atoms with Crippen LogP contribution in [-0.2, 0) is 14.8 Å². The second kappa shape index (κ2) is 9.77. The van der Waals surface area contributed by atoms with Crippen molar-refractivity contribution in [3.05, 3.63) is 61.2 Å². The molecular weight excluding hydrogens is 404 g/mol. The smallest absolute Gasteiger partial charge is 0.243 e. The van der Waals surface area contributed by atoms with Crippen molar-refractivity contribution in [3.8, 4) is 11.5 Å². The standard InChI is InChI=1S/C22H26N2O5S/c1-3-15-29-20-8-6-18(7-9-20)23-22(25)17-5-4-14-24(16-17)30(26,27)21-12-10-19(28-2)11-13-21/h3,6-13,17H,1,4-5,14-16H2,2H3,(H,23,25). The summed E-state index contributed by atoms with van der Waals surface area (Å²) in [5.74, 6) is 0.668. The Hall–Kier alpha value is -2.84. The number of hydrogen-bond acceptors (Lipinski definition) is 5. The number of sulfonamides is 1. The van der Waals surface area contributed by atoms with E-state index in [4.69, 9.17) is 9.47 Å². The van der Waals surface area contributed by atoms with Gasteiger partial charge in [0.25, 0.3) is 0 Å². The third-order valence-electron chi connectivity index (χ3n) is 4.94. The van der Waals surface area contributed by atoms with Gasteiger partial charge in [0.1, 0.15) is 18.1 Å². The number of ether oxygens (including phenoxy) is 2. The molecule has 7 nitrogen and oxygen atoms in total. The molecule has 0 bridgehead atoms. The molecule has 160 valence electrons. The lowest BCUT2D eigenvalue weighted by atomic mass is 9.99. The van der Waals surface area contributed by atoms with Crippen LogP contribution >= 0.6 is 0 Å². The predicted molar refractivity (Wildman–Crippen MR) is 115 cm³/mol. The number of anilines is 1. The molecule has 0 spiro atoms. The lowest BCUT2D eigenvalue weighted by Crippen LogP contribution is -2.43. The number of rotatable bonds is 8. The van der Waals surface area contributed by atoms with Crippen molar-refractivity contribution in [2.24, 2.45) is 5.92 Å². The van der Waals surface area contributed by atoms with Gasteiger partial charge < -0.3 is 14.8 Å². The molecule has 1 aliphatic heterocycles. The van der Waals surface area contributed by atoms with Crippen LogP contribution in [0.1, 0.15) is 12.8 Å². The maximum Gasteiger partial charge on any atom is 0.243 e. The Kier molecular flexibility index (Phi) is 7.12. The normalized spacial score (nSPS) is 17.2. The third-order valence-corrected chi connectivity index (χ3v) is 6.82. The summed E-state index contributed by atoms with van der Waals surface area (Å²) in [5.41, 5.74) is 0.640. The van der Waals surface area contributed by atoms with Crippen LogP contribution in [-0.4, -0.2) is 45.4 Å². The van der Waals surface area contributed by atoms with Crippen molar-refractivity contribution >= 4 is 21.6 Å². The van der Waals surface area contributed by atoms with E-state index in [2.05, 4.69) is 11.9 Å². The van der Waals surface area contributed by atoms with Crippen LogP contribution < -0.4 is 14.8 Å². The summed E-state index contributed by atoms with van der Waals surface area (Å²) in [6.07, 6.45) is 2.92. The molecule has 1 atom stereocenters. The van der Waals surface area contributed by atoms with E-state index in [1.54, 1.807) is 42.5 Å². The van der Waals surface area contributed by atoms with Crippen molar-refractivity contribution < 1.29 is 22.7 Å². The van der Waals surface area contributed by atoms with Gasteiger partial charge >= 0.3 is 0 Å². The number of methoxy groups -OCH3 is 1. The van der Waals surface area contributed by atoms with Gasteiger partial charge in [0.05, 0.1) is 17.9 Å². The van der Waals surface area contributed by atoms with E-state index in [1.165, 1.54) is 23.5 Å². The lowest BCUT2D eigenvalue weighted by molar-refractivity contribution is -0.120. The molecule has 2 aromatic rings. The van der Waals surface area contributed by atoms with Gasteiger partial charge in [0.2, 0.25) is 15.9 Å². The first-order chi connectivity index (χ1) is 14.4. The molecule has 2 aromatic carbocycles. The zero-order valence-electron chi connectivity index (χ0n) is 16.9. The van der Waals surface area contributed by atoms with Gasteiger partial charge in [-0.2, -0.15) is 4.31 Å². The van der Waals surface area contributed by atoms with Crippen molar-refractivity contribution in [3.63, 3.8) is 0 Å². The van der Waals surface area contributed by atoms with Crippen LogP contribution in [0, 0.1) is 5.92 Å². The van der Waals surface area contributed by atoms with E-state index in [1.807, 2.05) is 0 Å². The van der Waals surface area contributed by atoms with Gasteiger partial charge in [0.15, 0.2) is 0 Å². The molecule has 1 heterocycles. The Morgan fingerprint density at radius 1 is 1.17 bits per heavy atom. The van der Waals surface area contributed by atoms with E-state index in [0.717, 1.165) is 0 Å². The maximum absolute atomic E-state index is 13.0. The summed E-state index contributed by atoms with van der Waals surface area (Å²) < 4.78 is 37.8. The highest BCUT2D eigenvalue weighted by Gasteiger charge is 2.33. The summed E-state index contributed by atoms with van der Waals surface area (Å²) >= 11 is 0. The topological polar surface area (TPSA) is 84.9 Å². The summed E-state index contributed by atoms with van der Waals surface area (Å²) in [7, 11) is -2.14. The summed E-state index contributed by atoms with van der Waals surface area (Å²) in [6, 6.07) is 13.3. The lowest BCUT2D eigenvalue weighted by Gasteiger charge is -2.31. The maximum atomic E-state index is 13.0. The predicted octanol–water partition coefficient (Wildman–Crippen LogP) is 3.30. The molecule has 1 amide bonds. The molecular formula is C22H26N2O5S. The molecule has 0 aromatic heterocycles. The Morgan fingerprint density at radius 2 is 1.83 bits per heavy atom. The van der Waals surface area contributed by atoms with Crippen molar-refractivity contribution in [1.82, 2.24) is 4.31 Å². The Bertz CT molecular complexity index is 972. The SMILES string of the molecule is C=CCOc1ccc(NC(=O)C2CCCN(S(=O)(=O)c3ccc(OC)cc3)C2)cc1. The fourth-order valence-corrected chi connectivity index (χ4v) is 4.83. The minimum atomic E-state index is -3.67. The van der Waals surface area contributed by atoms with Gasteiger partial charge in [-0.05, 0) is 61.4 Å². The fourth-order valence-electron chi connectivity index (χ4n) is 3.31. The van der Waals surface area contributed by atoms with Crippen molar-refractivity contribution in [2.75, 3.05) is 32.1 Å². The molecule has 1 fully saturated rings. The average molecular weight is 431 g/mol. The van der Waals surface area contributed by atoms with Gasteiger partial charge in [-0.1, -0.05) is 12.7 Å². The van der Waals surface area contributed by atoms with E-state index in [0.29, 0.717) is 43.2 Å². The van der Waals surface area contributed by atoms with Gasteiger partial charge in [-0.3, -0.25) is 4.79 Å². The molecule has 0 aliphatic carbocycles. The number of carbonyl (C=O) groups excluding carboxylic acids is 1. The van der Waals surface area contributed by atoms with Crippen molar-refractivity contribution in [2.45, 2.75) is 17.7 Å². The molecule has 30 heavy (non-hydrogen) atoms. The highest BCUT2D eigenvalue weighted by atomic mass is 32.2. The van der Waals surface area contributed by atoms with Crippen LogP contribution in [0.15, 0.2) is 66.1 Å². The van der Waals surface area contributed by atoms with E-state index >= 15 is 0 Å². The van der Waals surface area contributed by atoms with Crippen LogP contribution in [0.4, 0.5) is 5.69 Å². The highest BCUT2D eigenvalue weighted by Crippen LogP contribution is 2.26. The molecule has 0 saturated carbocycles. The van der Waals surface area contributed by atoms with Crippen LogP contribution in [0.5, 0.6) is 11.5 Å². The zero-order valence-corrected chi connectivity index (χ0v) is 17.7. The fraction of sp³-hybridized carbons (Fsp3) is 0.318. The third kappa shape index (κ3) is 5.20. The highest BCUT2D eigenvalue weighted by molar-refractivity contribution is 7.89. The Morgan fingerprint density at radius 3 is 2.47 bits per heavy atom. The van der Waals surface area contributed by atoms with Gasteiger partial charge in [-0.25, -0.2) is 8.42 Å². The first-order valence-electron chi connectivity index (χ1n) is 9.73. The Balaban J connectivity index is 1.64. The number of hydrogen-bond donors (Lipinski definition) is 1. The van der Waals surface area contributed by atoms with E-state index in [9.17, 15) is 13.2 Å². The molecule has 3 rings (SSSR count). The second-order valence-electron chi connectivity index (χ2n) is 6.99. The molecule has 1 aliphatic rings. The summed E-state index contributed by atoms with van der Waals surface area (Å²) in [6.45, 7) is 4.56. The summed E-state index contributed by atoms with van der Waals surface area (Å²) in [4.78, 5) is 12.9. The van der Waals surface area contributed by atoms with Crippen LogP contribution in [0.2, 0.25) is 0 Å². The first-order valence-corrected chi connectivity index (χ1v) is 11.2. The van der Waals surface area contributed by atoms with E-state index in [-0.39, 0.29) is 17.3 Å². The minimum absolute atomic E-state index is 0.153. The summed E-state index contributed by atoms with van der Waals surface area (Å²) in [5, 5.41) is 2.87. The molecule has 1 unspecified atom stereocenters. The number of nitrogens with zero attached hydrogens (tertiary/aromatic N) is 1. The van der Waals surface area contributed by atoms with E-state index < -0.39 is 15.9 Å². The van der Waals surface area contributed by atoms with Gasteiger partial charge in [0, 0.05) is 18.8 Å². The molecule has 1 saturated heterocycles. The molecule has 8 heteroatoms. The number of benzene rings is 2. The second-order valence-corrected chi connectivity index (χ2v) is 8.93. The quantitative estimate of drug-likeness (QED) is 0.650. The number of carbonyl (C=O) groups is 1. The largest absolute Gasteiger partial charge is 0.497 e. The monoisotopic (exact) mass is 430 g/mol. The van der Waals surface area contributed by atoms with Gasteiger partial charge in [-0.15, -0.1) is 0 Å². The number of amides is 1. The minimum Gasteiger partial charge on any atom is -0.497 e.